The largest absolute Gasteiger partial charge is 0.507 e. The lowest BCUT2D eigenvalue weighted by Crippen LogP contribution is -2.67. The highest BCUT2D eigenvalue weighted by atomic mass is 16.8. The van der Waals surface area contributed by atoms with Crippen LogP contribution in [-0.4, -0.2) is 209 Å². The van der Waals surface area contributed by atoms with E-state index in [4.69, 9.17) is 56.8 Å². The van der Waals surface area contributed by atoms with Gasteiger partial charge in [-0.3, -0.25) is 0 Å². The fourth-order valence-electron chi connectivity index (χ4n) is 15.0. The molecule has 8 N–H and O–H groups in total. The van der Waals surface area contributed by atoms with Gasteiger partial charge in [0.1, 0.15) is 72.4 Å². The van der Waals surface area contributed by atoms with Crippen LogP contribution in [0.5, 0.6) is 5.75 Å². The Balaban J connectivity index is 0.804. The van der Waals surface area contributed by atoms with Gasteiger partial charge in [-0.05, 0) is 108 Å². The average Bonchev–Trinajstić information content (AvgIpc) is 3.74. The SMILES string of the molecule is CO[C@H]1[C@@H](O)[C@H](O[C@@H]2[C@@H](OC)C[C@H](O[C@@H]3[C@@H](OC)C[C@@H](O[C@H]4CC[C@@]5(C)C(=CC[C@H]6[C@H]5C[C@@H](OC(=O)c5ccccc5O)[C@]5(C)[C@@H]([C@@H](C)O)CC[C@]65O)C4)O[C@@H]3C)O[C@@H]2C)O[C@H](C)[C@H]1O[C@H]1O[C@H](CO)[C@@H](O)[C@H](O)[C@H]1O. The van der Waals surface area contributed by atoms with E-state index >= 15 is 0 Å². The van der Waals surface area contributed by atoms with E-state index in [9.17, 15) is 45.6 Å². The van der Waals surface area contributed by atoms with E-state index in [-0.39, 0.29) is 47.0 Å². The molecule has 4 heterocycles. The Labute approximate surface area is 444 Å². The molecule has 0 aromatic heterocycles. The number of aliphatic hydroxyl groups is 7. The van der Waals surface area contributed by atoms with Gasteiger partial charge in [0.15, 0.2) is 25.2 Å². The number of ether oxygens (including phenoxy) is 12. The quantitative estimate of drug-likeness (QED) is 0.0924. The molecule has 0 radical (unpaired) electrons. The van der Waals surface area contributed by atoms with Crippen molar-refractivity contribution in [3.05, 3.63) is 41.5 Å². The van der Waals surface area contributed by atoms with Crippen LogP contribution in [0, 0.1) is 28.6 Å². The van der Waals surface area contributed by atoms with E-state index < -0.39 is 146 Å². The maximum absolute atomic E-state index is 13.8. The number of benzene rings is 1. The van der Waals surface area contributed by atoms with Gasteiger partial charge in [-0.15, -0.1) is 0 Å². The third-order valence-electron chi connectivity index (χ3n) is 19.3. The smallest absolute Gasteiger partial charge is 0.342 e. The first-order chi connectivity index (χ1) is 36.1. The zero-order valence-electron chi connectivity index (χ0n) is 45.2. The minimum absolute atomic E-state index is 0.0185. The summed E-state index contributed by atoms with van der Waals surface area (Å²) in [5.41, 5.74) is -1.11. The summed E-state index contributed by atoms with van der Waals surface area (Å²) in [5, 5.41) is 87.0. The molecule has 1 aromatic carbocycles. The summed E-state index contributed by atoms with van der Waals surface area (Å²) in [6.45, 7) is 10.7. The topological polar surface area (TPSA) is 290 Å². The number of methoxy groups -OCH3 is 3. The van der Waals surface area contributed by atoms with E-state index in [1.54, 1.807) is 47.1 Å². The molecule has 8 aliphatic rings. The van der Waals surface area contributed by atoms with Gasteiger partial charge in [-0.25, -0.2) is 4.79 Å². The molecule has 1 aromatic rings. The lowest BCUT2D eigenvalue weighted by molar-refractivity contribution is -0.373. The molecule has 4 saturated heterocycles. The molecule has 0 bridgehead atoms. The summed E-state index contributed by atoms with van der Waals surface area (Å²) < 4.78 is 74.5. The molecular formula is C55H84O21. The Kier molecular flexibility index (Phi) is 17.7. The molecule has 4 aliphatic carbocycles. The van der Waals surface area contributed by atoms with Crippen LogP contribution in [0.15, 0.2) is 35.9 Å². The number of aliphatic hydroxyl groups excluding tert-OH is 6. The molecule has 0 spiro atoms. The lowest BCUT2D eigenvalue weighted by atomic mass is 9.44. The van der Waals surface area contributed by atoms with Crippen molar-refractivity contribution in [1.29, 1.82) is 0 Å². The predicted molar refractivity (Wildman–Crippen MR) is 265 cm³/mol. The number of hydrogen-bond acceptors (Lipinski definition) is 21. The number of aromatic hydroxyl groups is 1. The van der Waals surface area contributed by atoms with Crippen LogP contribution in [0.1, 0.15) is 110 Å². The van der Waals surface area contributed by atoms with Crippen molar-refractivity contribution in [2.75, 3.05) is 27.9 Å². The van der Waals surface area contributed by atoms with Crippen LogP contribution in [0.3, 0.4) is 0 Å². The van der Waals surface area contributed by atoms with Crippen molar-refractivity contribution >= 4 is 5.97 Å². The number of carbonyl (C=O) groups excluding carboxylic acids is 1. The first kappa shape index (κ1) is 58.2. The first-order valence-corrected chi connectivity index (χ1v) is 27.4. The number of rotatable bonds is 15. The highest BCUT2D eigenvalue weighted by Gasteiger charge is 2.71. The van der Waals surface area contributed by atoms with E-state index in [2.05, 4.69) is 13.0 Å². The second kappa shape index (κ2) is 23.2. The van der Waals surface area contributed by atoms with Crippen LogP contribution in [0.25, 0.3) is 0 Å². The van der Waals surface area contributed by atoms with Gasteiger partial charge in [0, 0.05) is 39.6 Å². The van der Waals surface area contributed by atoms with Gasteiger partial charge in [-0.1, -0.05) is 37.6 Å². The van der Waals surface area contributed by atoms with E-state index in [1.165, 1.54) is 24.8 Å². The normalized spacial score (nSPS) is 48.9. The molecule has 3 saturated carbocycles. The van der Waals surface area contributed by atoms with Crippen LogP contribution in [0.2, 0.25) is 0 Å². The standard InChI is InChI=1S/C55H84O21/c1-25(57)32-17-19-55(64)33-15-14-29-20-30(16-18-53(29,5)34(33)21-39(54(32,55)6)73-50(63)31-12-10-11-13-35(31)58)71-40-22-36(65-7)46(26(2)68-40)74-41-23-37(66-8)47(27(3)69-41)75-52-45(62)49(67-9)48(28(4)70-52)76-51-44(61)43(60)42(59)38(24-56)72-51/h10-14,25-28,30,32-34,36-49,51-52,56-62,64H,15-24H2,1-9H3/t25-,26-,27-,28-,30+,32-,33+,34-,36+,37+,38-,39-,40-,41+,42-,43+,44-,45-,46+,47+,48-,49+,51-,52+,53+,54+,55+/m1/s1. The Morgan fingerprint density at radius 3 is 1.97 bits per heavy atom. The number of para-hydroxylation sites is 1. The van der Waals surface area contributed by atoms with Gasteiger partial charge >= 0.3 is 5.97 Å². The lowest BCUT2D eigenvalue weighted by Gasteiger charge is -2.63. The molecule has 4 aliphatic heterocycles. The van der Waals surface area contributed by atoms with Gasteiger partial charge in [0.25, 0.3) is 0 Å². The van der Waals surface area contributed by atoms with Crippen LogP contribution < -0.4 is 0 Å². The zero-order chi connectivity index (χ0) is 54.8. The summed E-state index contributed by atoms with van der Waals surface area (Å²) in [6, 6.07) is 6.31. The highest BCUT2D eigenvalue weighted by Crippen LogP contribution is 2.69. The van der Waals surface area contributed by atoms with Crippen molar-refractivity contribution in [2.45, 2.75) is 234 Å². The van der Waals surface area contributed by atoms with Crippen molar-refractivity contribution in [1.82, 2.24) is 0 Å². The summed E-state index contributed by atoms with van der Waals surface area (Å²) in [7, 11) is 4.55. The fraction of sp³-hybridized carbons (Fsp3) is 0.836. The molecule has 7 fully saturated rings. The van der Waals surface area contributed by atoms with E-state index in [0.29, 0.717) is 38.5 Å². The monoisotopic (exact) mass is 1080 g/mol. The Bertz CT molecular complexity index is 2160. The molecule has 0 unspecified atom stereocenters. The van der Waals surface area contributed by atoms with Crippen molar-refractivity contribution in [3.8, 4) is 5.75 Å². The summed E-state index contributed by atoms with van der Waals surface area (Å²) in [6.07, 6.45) is -12.1. The maximum atomic E-state index is 13.8. The van der Waals surface area contributed by atoms with Gasteiger partial charge in [0.05, 0.1) is 54.9 Å². The second-order valence-corrected chi connectivity index (χ2v) is 23.3. The minimum atomic E-state index is -1.67. The average molecular weight is 1080 g/mol. The summed E-state index contributed by atoms with van der Waals surface area (Å²) >= 11 is 0. The molecule has 27 atom stereocenters. The summed E-state index contributed by atoms with van der Waals surface area (Å²) in [5.74, 6) is -1.24. The second-order valence-electron chi connectivity index (χ2n) is 23.3. The number of allylic oxidation sites excluding steroid dienone is 1. The Hall–Kier alpha value is -2.49. The highest BCUT2D eigenvalue weighted by molar-refractivity contribution is 5.92. The van der Waals surface area contributed by atoms with Crippen LogP contribution in [-0.2, 0) is 56.8 Å². The van der Waals surface area contributed by atoms with E-state index in [1.807, 2.05) is 13.8 Å². The maximum Gasteiger partial charge on any atom is 0.342 e. The van der Waals surface area contributed by atoms with Crippen LogP contribution >= 0.6 is 0 Å². The molecule has 9 rings (SSSR count). The number of esters is 1. The molecular weight excluding hydrogens is 997 g/mol. The number of phenolic OH excluding ortho intramolecular Hbond substituents is 1. The Morgan fingerprint density at radius 1 is 0.724 bits per heavy atom. The zero-order valence-corrected chi connectivity index (χ0v) is 45.2. The molecule has 76 heavy (non-hydrogen) atoms. The third kappa shape index (κ3) is 10.4. The predicted octanol–water partition coefficient (Wildman–Crippen LogP) is 2.36. The molecule has 0 amide bonds. The summed E-state index contributed by atoms with van der Waals surface area (Å²) in [4.78, 5) is 13.8. The first-order valence-electron chi connectivity index (χ1n) is 27.4. The number of carbonyl (C=O) groups is 1. The van der Waals surface area contributed by atoms with Crippen molar-refractivity contribution < 1.29 is 102 Å². The van der Waals surface area contributed by atoms with Crippen LogP contribution in [0.4, 0.5) is 0 Å². The third-order valence-corrected chi connectivity index (χ3v) is 19.3. The van der Waals surface area contributed by atoms with Gasteiger partial charge in [0.2, 0.25) is 0 Å². The van der Waals surface area contributed by atoms with E-state index in [0.717, 1.165) is 12.8 Å². The fourth-order valence-corrected chi connectivity index (χ4v) is 15.0. The van der Waals surface area contributed by atoms with Crippen molar-refractivity contribution in [2.24, 2.45) is 28.6 Å². The number of hydrogen-bond donors (Lipinski definition) is 8. The Morgan fingerprint density at radius 2 is 1.34 bits per heavy atom. The van der Waals surface area contributed by atoms with Gasteiger partial charge < -0.3 is 97.7 Å². The van der Waals surface area contributed by atoms with Gasteiger partial charge in [-0.2, -0.15) is 0 Å². The number of fused-ring (bicyclic) bond motifs is 5. The molecule has 21 nitrogen and oxygen atoms in total. The number of phenols is 1. The van der Waals surface area contributed by atoms with Crippen molar-refractivity contribution in [3.63, 3.8) is 0 Å². The molecule has 21 heteroatoms. The molecule has 430 valence electrons. The minimum Gasteiger partial charge on any atom is -0.507 e.